The number of ether oxygens (including phenoxy) is 2. The first-order valence-electron chi connectivity index (χ1n) is 7.57. The Hall–Kier alpha value is -1.48. The molecular weight excluding hydrogens is 250 g/mol. The third kappa shape index (κ3) is 1.92. The fourth-order valence-corrected chi connectivity index (χ4v) is 3.48. The summed E-state index contributed by atoms with van der Waals surface area (Å²) in [6.07, 6.45) is 4.19. The fourth-order valence-electron chi connectivity index (χ4n) is 3.48. The lowest BCUT2D eigenvalue weighted by Gasteiger charge is -2.36. The van der Waals surface area contributed by atoms with Crippen molar-refractivity contribution in [1.82, 2.24) is 4.98 Å². The molecule has 0 fully saturated rings. The van der Waals surface area contributed by atoms with Crippen molar-refractivity contribution < 1.29 is 9.47 Å². The molecule has 0 bridgehead atoms. The van der Waals surface area contributed by atoms with Gasteiger partial charge in [0.2, 0.25) is 0 Å². The van der Waals surface area contributed by atoms with Crippen LogP contribution in [0.2, 0.25) is 0 Å². The molecule has 0 amide bonds. The van der Waals surface area contributed by atoms with Crippen LogP contribution in [0.1, 0.15) is 44.4 Å². The Labute approximate surface area is 120 Å². The van der Waals surface area contributed by atoms with Crippen LogP contribution in [-0.2, 0) is 16.8 Å². The monoisotopic (exact) mass is 273 g/mol. The van der Waals surface area contributed by atoms with Gasteiger partial charge in [-0.05, 0) is 43.0 Å². The first kappa shape index (κ1) is 13.5. The molecule has 0 saturated heterocycles. The Morgan fingerprint density at radius 3 is 2.90 bits per heavy atom. The van der Waals surface area contributed by atoms with Crippen LogP contribution in [-0.4, -0.2) is 18.7 Å². The van der Waals surface area contributed by atoms with Crippen LogP contribution in [0.3, 0.4) is 0 Å². The molecule has 3 rings (SSSR count). The Kier molecular flexibility index (Phi) is 3.47. The van der Waals surface area contributed by atoms with E-state index in [1.807, 2.05) is 6.07 Å². The largest absolute Gasteiger partial charge is 0.497 e. The molecule has 2 heterocycles. The number of methoxy groups -OCH3 is 1. The fraction of sp³-hybridized carbons (Fsp3) is 0.529. The van der Waals surface area contributed by atoms with Crippen molar-refractivity contribution in [2.45, 2.75) is 45.1 Å². The highest BCUT2D eigenvalue weighted by Crippen LogP contribution is 2.42. The average Bonchev–Trinajstić information content (AvgIpc) is 2.86. The van der Waals surface area contributed by atoms with E-state index in [9.17, 15) is 0 Å². The van der Waals surface area contributed by atoms with E-state index in [4.69, 9.17) is 9.47 Å². The van der Waals surface area contributed by atoms with E-state index >= 15 is 0 Å². The van der Waals surface area contributed by atoms with E-state index in [2.05, 4.69) is 31.0 Å². The van der Waals surface area contributed by atoms with Gasteiger partial charge in [0.25, 0.3) is 0 Å². The molecule has 1 aliphatic rings. The highest BCUT2D eigenvalue weighted by atomic mass is 16.5. The lowest BCUT2D eigenvalue weighted by Crippen LogP contribution is -2.35. The smallest absolute Gasteiger partial charge is 0.119 e. The van der Waals surface area contributed by atoms with Crippen LogP contribution in [0.5, 0.6) is 5.75 Å². The molecule has 0 spiro atoms. The van der Waals surface area contributed by atoms with Crippen LogP contribution >= 0.6 is 0 Å². The van der Waals surface area contributed by atoms with Crippen molar-refractivity contribution in [3.05, 3.63) is 29.5 Å². The van der Waals surface area contributed by atoms with Gasteiger partial charge in [-0.25, -0.2) is 0 Å². The summed E-state index contributed by atoms with van der Waals surface area (Å²) < 4.78 is 11.6. The highest BCUT2D eigenvalue weighted by Gasteiger charge is 2.37. The normalized spacial score (nSPS) is 21.9. The second-order valence-corrected chi connectivity index (χ2v) is 5.59. The minimum atomic E-state index is -0.130. The van der Waals surface area contributed by atoms with E-state index < -0.39 is 0 Å². The SMILES string of the molecule is CCCC1(CC)OCCc2c1[nH]c1ccc(OC)cc21. The molecule has 1 aliphatic heterocycles. The van der Waals surface area contributed by atoms with Crippen molar-refractivity contribution in [3.63, 3.8) is 0 Å². The number of nitrogens with one attached hydrogen (secondary N) is 1. The summed E-state index contributed by atoms with van der Waals surface area (Å²) in [5.74, 6) is 0.920. The van der Waals surface area contributed by atoms with Crippen molar-refractivity contribution in [2.24, 2.45) is 0 Å². The zero-order valence-corrected chi connectivity index (χ0v) is 12.6. The average molecular weight is 273 g/mol. The molecule has 2 aromatic rings. The molecule has 1 atom stereocenters. The first-order chi connectivity index (χ1) is 9.74. The van der Waals surface area contributed by atoms with Gasteiger partial charge < -0.3 is 14.5 Å². The van der Waals surface area contributed by atoms with Gasteiger partial charge in [0.1, 0.15) is 11.4 Å². The summed E-state index contributed by atoms with van der Waals surface area (Å²) in [7, 11) is 1.72. The molecule has 1 unspecified atom stereocenters. The first-order valence-corrected chi connectivity index (χ1v) is 7.57. The van der Waals surface area contributed by atoms with Crippen LogP contribution in [0.4, 0.5) is 0 Å². The van der Waals surface area contributed by atoms with E-state index in [0.29, 0.717) is 0 Å². The number of benzene rings is 1. The van der Waals surface area contributed by atoms with Gasteiger partial charge in [-0.15, -0.1) is 0 Å². The van der Waals surface area contributed by atoms with Crippen molar-refractivity contribution >= 4 is 10.9 Å². The van der Waals surface area contributed by atoms with Crippen LogP contribution in [0, 0.1) is 0 Å². The van der Waals surface area contributed by atoms with Gasteiger partial charge in [0.15, 0.2) is 0 Å². The van der Waals surface area contributed by atoms with Gasteiger partial charge >= 0.3 is 0 Å². The lowest BCUT2D eigenvalue weighted by molar-refractivity contribution is -0.0723. The summed E-state index contributed by atoms with van der Waals surface area (Å²) in [6, 6.07) is 6.26. The Bertz CT molecular complexity index is 617. The van der Waals surface area contributed by atoms with E-state index in [0.717, 1.165) is 38.0 Å². The molecule has 3 heteroatoms. The molecule has 20 heavy (non-hydrogen) atoms. The number of hydrogen-bond acceptors (Lipinski definition) is 2. The van der Waals surface area contributed by atoms with Crippen molar-refractivity contribution in [2.75, 3.05) is 13.7 Å². The maximum Gasteiger partial charge on any atom is 0.119 e. The Morgan fingerprint density at radius 1 is 1.35 bits per heavy atom. The minimum Gasteiger partial charge on any atom is -0.497 e. The van der Waals surface area contributed by atoms with Crippen molar-refractivity contribution in [1.29, 1.82) is 0 Å². The molecule has 1 aromatic carbocycles. The molecule has 0 aliphatic carbocycles. The summed E-state index contributed by atoms with van der Waals surface area (Å²) in [4.78, 5) is 3.61. The number of H-pyrrole nitrogens is 1. The minimum absolute atomic E-state index is 0.130. The summed E-state index contributed by atoms with van der Waals surface area (Å²) in [5.41, 5.74) is 3.77. The topological polar surface area (TPSA) is 34.2 Å². The predicted molar refractivity (Wildman–Crippen MR) is 81.4 cm³/mol. The van der Waals surface area contributed by atoms with Gasteiger partial charge in [-0.2, -0.15) is 0 Å². The maximum atomic E-state index is 6.21. The number of fused-ring (bicyclic) bond motifs is 3. The standard InChI is InChI=1S/C17H23NO2/c1-4-9-17(5-2)16-13(8-10-20-17)14-11-12(19-3)6-7-15(14)18-16/h6-7,11,18H,4-5,8-10H2,1-3H3. The number of rotatable bonds is 4. The number of aromatic amines is 1. The highest BCUT2D eigenvalue weighted by molar-refractivity contribution is 5.86. The zero-order chi connectivity index (χ0) is 14.2. The van der Waals surface area contributed by atoms with Gasteiger partial charge in [0, 0.05) is 10.9 Å². The molecule has 3 nitrogen and oxygen atoms in total. The van der Waals surface area contributed by atoms with Gasteiger partial charge in [-0.3, -0.25) is 0 Å². The molecule has 108 valence electrons. The molecule has 1 N–H and O–H groups in total. The molecule has 1 aromatic heterocycles. The molecular formula is C17H23NO2. The van der Waals surface area contributed by atoms with Gasteiger partial charge in [-0.1, -0.05) is 20.3 Å². The third-order valence-electron chi connectivity index (χ3n) is 4.52. The summed E-state index contributed by atoms with van der Waals surface area (Å²) in [6.45, 7) is 5.25. The van der Waals surface area contributed by atoms with Crippen LogP contribution in [0.15, 0.2) is 18.2 Å². The quantitative estimate of drug-likeness (QED) is 0.907. The van der Waals surface area contributed by atoms with Gasteiger partial charge in [0.05, 0.1) is 19.4 Å². The third-order valence-corrected chi connectivity index (χ3v) is 4.52. The second-order valence-electron chi connectivity index (χ2n) is 5.59. The Morgan fingerprint density at radius 2 is 2.20 bits per heavy atom. The number of aromatic nitrogens is 1. The van der Waals surface area contributed by atoms with E-state index in [1.165, 1.54) is 22.2 Å². The Balaban J connectivity index is 2.19. The summed E-state index contributed by atoms with van der Waals surface area (Å²) >= 11 is 0. The second kappa shape index (κ2) is 5.13. The number of hydrogen-bond donors (Lipinski definition) is 1. The molecule has 0 radical (unpaired) electrons. The van der Waals surface area contributed by atoms with Crippen LogP contribution in [0.25, 0.3) is 10.9 Å². The van der Waals surface area contributed by atoms with Crippen LogP contribution < -0.4 is 4.74 Å². The predicted octanol–water partition coefficient (Wildman–Crippen LogP) is 4.15. The van der Waals surface area contributed by atoms with E-state index in [-0.39, 0.29) is 5.60 Å². The zero-order valence-electron chi connectivity index (χ0n) is 12.6. The lowest BCUT2D eigenvalue weighted by atomic mass is 9.85. The summed E-state index contributed by atoms with van der Waals surface area (Å²) in [5, 5.41) is 1.29. The van der Waals surface area contributed by atoms with Crippen molar-refractivity contribution in [3.8, 4) is 5.75 Å². The maximum absolute atomic E-state index is 6.21. The molecule has 0 saturated carbocycles. The van der Waals surface area contributed by atoms with E-state index in [1.54, 1.807) is 7.11 Å².